The molecule has 2 saturated heterocycles. The van der Waals surface area contributed by atoms with E-state index in [0.29, 0.717) is 29.5 Å². The van der Waals surface area contributed by atoms with E-state index in [1.165, 1.54) is 21.1 Å². The van der Waals surface area contributed by atoms with Crippen LogP contribution < -0.4 is 4.90 Å². The van der Waals surface area contributed by atoms with Crippen LogP contribution in [0.5, 0.6) is 0 Å². The van der Waals surface area contributed by atoms with Gasteiger partial charge in [-0.25, -0.2) is 0 Å². The Morgan fingerprint density at radius 3 is 2.38 bits per heavy atom. The van der Waals surface area contributed by atoms with Crippen LogP contribution in [0.2, 0.25) is 5.02 Å². The fourth-order valence-corrected chi connectivity index (χ4v) is 7.51. The van der Waals surface area contributed by atoms with E-state index >= 15 is 0 Å². The number of carbonyl (C=O) groups is 3. The van der Waals surface area contributed by atoms with E-state index in [1.807, 2.05) is 29.2 Å². The first kappa shape index (κ1) is 20.4. The van der Waals surface area contributed by atoms with E-state index in [4.69, 9.17) is 11.6 Å². The number of halogens is 1. The average Bonchev–Trinajstić information content (AvgIpc) is 3.56. The molecule has 4 aliphatic rings. The van der Waals surface area contributed by atoms with Crippen LogP contribution in [0.1, 0.15) is 16.1 Å². The van der Waals surface area contributed by atoms with Crippen molar-refractivity contribution in [3.8, 4) is 0 Å². The molecule has 166 valence electrons. The number of allylic oxidation sites excluding steroid dienone is 2. The van der Waals surface area contributed by atoms with Crippen LogP contribution >= 0.6 is 22.9 Å². The number of carbonyl (C=O) groups excluding carboxylic acids is 3. The van der Waals surface area contributed by atoms with Crippen LogP contribution in [-0.4, -0.2) is 66.8 Å². The SMILES string of the molecule is O=C(c1sc2ccccc2c1Cl)N1CC[NH+](CCN2C(=O)[C@@H]3[C@@H](C2=O)[C@H]2C=C[C@@H]3C2)CC1. The minimum absolute atomic E-state index is 0.00375. The minimum Gasteiger partial charge on any atom is -0.331 e. The van der Waals surface area contributed by atoms with Gasteiger partial charge in [0, 0.05) is 10.1 Å². The van der Waals surface area contributed by atoms with E-state index in [2.05, 4.69) is 12.2 Å². The van der Waals surface area contributed by atoms with Crippen molar-refractivity contribution < 1.29 is 19.3 Å². The average molecular weight is 471 g/mol. The lowest BCUT2D eigenvalue weighted by atomic mass is 9.85. The molecule has 3 heterocycles. The maximum absolute atomic E-state index is 13.1. The number of nitrogens with one attached hydrogen (secondary N) is 1. The highest BCUT2D eigenvalue weighted by atomic mass is 35.5. The summed E-state index contributed by atoms with van der Waals surface area (Å²) in [5.41, 5.74) is 0. The van der Waals surface area contributed by atoms with Gasteiger partial charge in [0.1, 0.15) is 4.88 Å². The number of imide groups is 1. The second kappa shape index (κ2) is 7.68. The molecule has 3 fully saturated rings. The van der Waals surface area contributed by atoms with E-state index in [-0.39, 0.29) is 41.4 Å². The number of thiophene rings is 1. The van der Waals surface area contributed by atoms with Gasteiger partial charge in [0.05, 0.1) is 56.1 Å². The highest BCUT2D eigenvalue weighted by molar-refractivity contribution is 7.21. The molecule has 1 N–H and O–H groups in total. The Morgan fingerprint density at radius 1 is 1.06 bits per heavy atom. The molecule has 3 amide bonds. The topological polar surface area (TPSA) is 62.1 Å². The van der Waals surface area contributed by atoms with Crippen LogP contribution in [-0.2, 0) is 9.59 Å². The zero-order chi connectivity index (χ0) is 22.0. The molecule has 1 aromatic heterocycles. The number of rotatable bonds is 4. The molecule has 1 aromatic carbocycles. The standard InChI is InChI=1S/C24H24ClN3O3S/c25-20-16-3-1-2-4-17(16)32-21(20)24(31)27-10-7-26(8-11-27)9-12-28-22(29)18-14-5-6-15(13-14)19(18)23(28)30/h1-6,14-15,18-19H,7-13H2/p+1/t14-,15+,18-,19-/m0/s1. The Bertz CT molecular complexity index is 1120. The molecule has 6 rings (SSSR count). The number of amides is 3. The van der Waals surface area contributed by atoms with Gasteiger partial charge in [0.15, 0.2) is 0 Å². The molecule has 1 saturated carbocycles. The number of piperazine rings is 1. The van der Waals surface area contributed by atoms with Gasteiger partial charge in [-0.2, -0.15) is 0 Å². The number of benzene rings is 1. The molecule has 4 atom stereocenters. The third-order valence-corrected chi connectivity index (χ3v) is 9.40. The van der Waals surface area contributed by atoms with Crippen molar-refractivity contribution in [2.75, 3.05) is 39.3 Å². The Hall–Kier alpha value is -2.22. The second-order valence-corrected chi connectivity index (χ2v) is 10.8. The maximum atomic E-state index is 13.1. The molecule has 32 heavy (non-hydrogen) atoms. The number of quaternary nitrogens is 1. The zero-order valence-corrected chi connectivity index (χ0v) is 19.2. The van der Waals surface area contributed by atoms with Crippen molar-refractivity contribution >= 4 is 50.7 Å². The van der Waals surface area contributed by atoms with Crippen molar-refractivity contribution in [1.29, 1.82) is 0 Å². The van der Waals surface area contributed by atoms with Crippen molar-refractivity contribution in [3.63, 3.8) is 0 Å². The Kier molecular flexibility index (Phi) is 4.89. The molecule has 2 aliphatic carbocycles. The summed E-state index contributed by atoms with van der Waals surface area (Å²) in [5, 5.41) is 1.48. The van der Waals surface area contributed by atoms with Gasteiger partial charge in [-0.3, -0.25) is 19.3 Å². The Morgan fingerprint density at radius 2 is 1.72 bits per heavy atom. The molecule has 8 heteroatoms. The third kappa shape index (κ3) is 3.05. The number of hydrogen-bond donors (Lipinski definition) is 1. The fraction of sp³-hybridized carbons (Fsp3) is 0.458. The summed E-state index contributed by atoms with van der Waals surface area (Å²) < 4.78 is 1.03. The molecule has 0 radical (unpaired) electrons. The molecule has 2 aliphatic heterocycles. The molecule has 2 bridgehead atoms. The summed E-state index contributed by atoms with van der Waals surface area (Å²) in [4.78, 5) is 44.1. The smallest absolute Gasteiger partial charge is 0.265 e. The van der Waals surface area contributed by atoms with Gasteiger partial charge >= 0.3 is 0 Å². The van der Waals surface area contributed by atoms with Crippen molar-refractivity contribution in [3.05, 3.63) is 46.3 Å². The predicted octanol–water partition coefficient (Wildman–Crippen LogP) is 1.70. The van der Waals surface area contributed by atoms with E-state index in [0.717, 1.165) is 36.1 Å². The Balaban J connectivity index is 1.05. The number of fused-ring (bicyclic) bond motifs is 6. The largest absolute Gasteiger partial charge is 0.331 e. The van der Waals surface area contributed by atoms with Crippen molar-refractivity contribution in [2.24, 2.45) is 23.7 Å². The van der Waals surface area contributed by atoms with Crippen LogP contribution in [0.25, 0.3) is 10.1 Å². The summed E-state index contributed by atoms with van der Waals surface area (Å²) in [6.07, 6.45) is 5.22. The second-order valence-electron chi connectivity index (χ2n) is 9.36. The van der Waals surface area contributed by atoms with Gasteiger partial charge < -0.3 is 9.80 Å². The van der Waals surface area contributed by atoms with Crippen molar-refractivity contribution in [1.82, 2.24) is 9.80 Å². The highest BCUT2D eigenvalue weighted by Crippen LogP contribution is 2.52. The lowest BCUT2D eigenvalue weighted by Crippen LogP contribution is -3.15. The van der Waals surface area contributed by atoms with Gasteiger partial charge in [-0.1, -0.05) is 42.0 Å². The first-order valence-corrected chi connectivity index (χ1v) is 12.6. The molecule has 0 spiro atoms. The zero-order valence-electron chi connectivity index (χ0n) is 17.6. The number of nitrogens with zero attached hydrogens (tertiary/aromatic N) is 2. The van der Waals surface area contributed by atoms with E-state index in [9.17, 15) is 14.4 Å². The quantitative estimate of drug-likeness (QED) is 0.546. The molecular weight excluding hydrogens is 446 g/mol. The third-order valence-electron chi connectivity index (χ3n) is 7.74. The molecule has 0 unspecified atom stereocenters. The summed E-state index contributed by atoms with van der Waals surface area (Å²) in [6.45, 7) is 4.15. The lowest BCUT2D eigenvalue weighted by molar-refractivity contribution is -0.903. The number of hydrogen-bond acceptors (Lipinski definition) is 4. The molecule has 6 nitrogen and oxygen atoms in total. The number of likely N-dealkylation sites (tertiary alicyclic amines) is 1. The van der Waals surface area contributed by atoms with Crippen molar-refractivity contribution in [2.45, 2.75) is 6.42 Å². The van der Waals surface area contributed by atoms with Gasteiger partial charge in [0.25, 0.3) is 5.91 Å². The fourth-order valence-electron chi connectivity index (χ4n) is 6.03. The molecular formula is C24H25ClN3O3S+. The summed E-state index contributed by atoms with van der Waals surface area (Å²) in [5.74, 6) is 0.342. The summed E-state index contributed by atoms with van der Waals surface area (Å²) in [6, 6.07) is 7.82. The van der Waals surface area contributed by atoms with Crippen LogP contribution in [0.15, 0.2) is 36.4 Å². The predicted molar refractivity (Wildman–Crippen MR) is 123 cm³/mol. The van der Waals surface area contributed by atoms with Gasteiger partial charge in [0.2, 0.25) is 11.8 Å². The summed E-state index contributed by atoms with van der Waals surface area (Å²) >= 11 is 7.95. The minimum atomic E-state index is -0.118. The normalized spacial score (nSPS) is 29.5. The highest BCUT2D eigenvalue weighted by Gasteiger charge is 2.59. The van der Waals surface area contributed by atoms with Gasteiger partial charge in [-0.15, -0.1) is 11.3 Å². The Labute approximate surface area is 195 Å². The monoisotopic (exact) mass is 470 g/mol. The summed E-state index contributed by atoms with van der Waals surface area (Å²) in [7, 11) is 0. The van der Waals surface area contributed by atoms with Crippen LogP contribution in [0, 0.1) is 23.7 Å². The van der Waals surface area contributed by atoms with Crippen LogP contribution in [0.3, 0.4) is 0 Å². The molecule has 2 aromatic rings. The first-order chi connectivity index (χ1) is 15.5. The maximum Gasteiger partial charge on any atom is 0.265 e. The van der Waals surface area contributed by atoms with E-state index < -0.39 is 0 Å². The van der Waals surface area contributed by atoms with Crippen LogP contribution in [0.4, 0.5) is 0 Å². The van der Waals surface area contributed by atoms with E-state index in [1.54, 1.807) is 0 Å². The van der Waals surface area contributed by atoms with Gasteiger partial charge in [-0.05, 0) is 24.3 Å². The first-order valence-electron chi connectivity index (χ1n) is 11.4. The lowest BCUT2D eigenvalue weighted by Gasteiger charge is -2.32.